The molecule has 9 nitrogen and oxygen atoms in total. The van der Waals surface area contributed by atoms with Crippen molar-refractivity contribution in [1.82, 2.24) is 5.32 Å². The number of nitrogens with one attached hydrogen (secondary N) is 1. The maximum absolute atomic E-state index is 12.1. The van der Waals surface area contributed by atoms with Gasteiger partial charge < -0.3 is 29.0 Å². The summed E-state index contributed by atoms with van der Waals surface area (Å²) in [5.41, 5.74) is -0.539. The largest absolute Gasteiger partial charge is 0.493 e. The number of hydrogen-bond donors (Lipinski definition) is 1. The first kappa shape index (κ1) is 22.3. The third-order valence-electron chi connectivity index (χ3n) is 4.22. The van der Waals surface area contributed by atoms with E-state index in [0.717, 1.165) is 0 Å². The maximum Gasteiger partial charge on any atom is 0.407 e. The number of alkyl carbamates (subject to hydrolysis) is 1. The van der Waals surface area contributed by atoms with Crippen molar-refractivity contribution in [2.24, 2.45) is 0 Å². The lowest BCUT2D eigenvalue weighted by Crippen LogP contribution is -2.50. The number of methoxy groups -OCH3 is 3. The quantitative estimate of drug-likeness (QED) is 0.564. The molecule has 0 heterocycles. The summed E-state index contributed by atoms with van der Waals surface area (Å²) in [6.45, 7) is 5.38. The summed E-state index contributed by atoms with van der Waals surface area (Å²) in [4.78, 5) is 35.9. The number of hydrogen-bond acceptors (Lipinski definition) is 8. The van der Waals surface area contributed by atoms with Crippen LogP contribution >= 0.6 is 0 Å². The van der Waals surface area contributed by atoms with E-state index in [-0.39, 0.29) is 29.0 Å². The Morgan fingerprint density at radius 3 is 1.90 bits per heavy atom. The minimum atomic E-state index is -0.698. The predicted octanol–water partition coefficient (Wildman–Crippen LogP) is 2.70. The van der Waals surface area contributed by atoms with Crippen molar-refractivity contribution in [2.75, 3.05) is 21.3 Å². The Kier molecular flexibility index (Phi) is 6.94. The van der Waals surface area contributed by atoms with Gasteiger partial charge >= 0.3 is 18.0 Å². The van der Waals surface area contributed by atoms with Crippen LogP contribution in [0.25, 0.3) is 0 Å². The summed E-state index contributed by atoms with van der Waals surface area (Å²) in [5.74, 6) is -0.820. The second-order valence-electron chi connectivity index (χ2n) is 7.59. The normalized spacial score (nSPS) is 18.1. The highest BCUT2D eigenvalue weighted by Crippen LogP contribution is 2.35. The fourth-order valence-corrected chi connectivity index (χ4v) is 2.80. The van der Waals surface area contributed by atoms with Gasteiger partial charge in [0.15, 0.2) is 11.5 Å². The number of benzene rings is 1. The third kappa shape index (κ3) is 5.75. The van der Waals surface area contributed by atoms with Crippen LogP contribution in [-0.4, -0.2) is 57.1 Å². The van der Waals surface area contributed by atoms with Gasteiger partial charge in [0.25, 0.3) is 0 Å². The molecule has 0 atom stereocenters. The van der Waals surface area contributed by atoms with Crippen molar-refractivity contribution in [1.29, 1.82) is 0 Å². The highest BCUT2D eigenvalue weighted by Gasteiger charge is 2.34. The van der Waals surface area contributed by atoms with Gasteiger partial charge in [-0.05, 0) is 32.9 Å². The van der Waals surface area contributed by atoms with E-state index in [1.54, 1.807) is 20.8 Å². The van der Waals surface area contributed by atoms with E-state index in [4.69, 9.17) is 23.7 Å². The van der Waals surface area contributed by atoms with Crippen LogP contribution in [0.15, 0.2) is 12.1 Å². The summed E-state index contributed by atoms with van der Waals surface area (Å²) in [7, 11) is 3.86. The molecule has 0 aliphatic heterocycles. The first-order valence-electron chi connectivity index (χ1n) is 9.12. The number of esters is 2. The van der Waals surface area contributed by atoms with Crippen LogP contribution in [0.1, 0.15) is 54.3 Å². The molecule has 0 spiro atoms. The second-order valence-corrected chi connectivity index (χ2v) is 7.59. The highest BCUT2D eigenvalue weighted by molar-refractivity contribution is 6.04. The third-order valence-corrected chi connectivity index (χ3v) is 4.22. The van der Waals surface area contributed by atoms with Crippen molar-refractivity contribution in [2.45, 2.75) is 51.4 Å². The van der Waals surface area contributed by atoms with E-state index in [1.807, 2.05) is 0 Å². The van der Waals surface area contributed by atoms with Crippen molar-refractivity contribution in [3.8, 4) is 11.5 Å². The van der Waals surface area contributed by atoms with Gasteiger partial charge in [0.2, 0.25) is 0 Å². The van der Waals surface area contributed by atoms with Gasteiger partial charge in [-0.1, -0.05) is 0 Å². The van der Waals surface area contributed by atoms with E-state index >= 15 is 0 Å². The molecule has 2 rings (SSSR count). The summed E-state index contributed by atoms with van der Waals surface area (Å²) in [6.07, 6.45) is 0.455. The van der Waals surface area contributed by atoms with E-state index in [2.05, 4.69) is 5.32 Å². The molecule has 1 aromatic carbocycles. The van der Waals surface area contributed by atoms with E-state index in [0.29, 0.717) is 18.6 Å². The summed E-state index contributed by atoms with van der Waals surface area (Å²) >= 11 is 0. The fourth-order valence-electron chi connectivity index (χ4n) is 2.80. The molecular weight excluding hydrogens is 382 g/mol. The number of rotatable bonds is 6. The Morgan fingerprint density at radius 1 is 0.931 bits per heavy atom. The lowest BCUT2D eigenvalue weighted by Gasteiger charge is -2.36. The average molecular weight is 409 g/mol. The van der Waals surface area contributed by atoms with Crippen LogP contribution in [0.4, 0.5) is 4.79 Å². The molecule has 0 saturated heterocycles. The fraction of sp³-hybridized carbons (Fsp3) is 0.550. The lowest BCUT2D eigenvalue weighted by molar-refractivity contribution is 0.0355. The van der Waals surface area contributed by atoms with Crippen molar-refractivity contribution >= 4 is 18.0 Å². The summed E-state index contributed by atoms with van der Waals surface area (Å²) in [5, 5.41) is 2.78. The molecule has 160 valence electrons. The Morgan fingerprint density at radius 2 is 1.45 bits per heavy atom. The molecule has 1 aliphatic rings. The number of amides is 1. The van der Waals surface area contributed by atoms with Gasteiger partial charge in [-0.3, -0.25) is 0 Å². The molecule has 1 aromatic rings. The molecule has 0 radical (unpaired) electrons. The Balaban J connectivity index is 2.09. The molecule has 1 amide bonds. The second kappa shape index (κ2) is 9.02. The van der Waals surface area contributed by atoms with Crippen LogP contribution in [0.5, 0.6) is 11.5 Å². The van der Waals surface area contributed by atoms with Crippen molar-refractivity contribution in [3.05, 3.63) is 23.3 Å². The predicted molar refractivity (Wildman–Crippen MR) is 102 cm³/mol. The van der Waals surface area contributed by atoms with Crippen molar-refractivity contribution in [3.63, 3.8) is 0 Å². The molecule has 1 fully saturated rings. The molecule has 1 aliphatic carbocycles. The Hall–Kier alpha value is -2.97. The molecule has 0 aromatic heterocycles. The zero-order chi connectivity index (χ0) is 21.8. The topological polar surface area (TPSA) is 109 Å². The van der Waals surface area contributed by atoms with Crippen LogP contribution in [0.3, 0.4) is 0 Å². The molecule has 1 saturated carbocycles. The standard InChI is InChI=1S/C20H27NO8/c1-20(2,3)29-19(24)21-11-7-12(8-11)28-16-10-14(18(23)27-6)13(17(22)26-5)9-15(16)25-4/h9-12H,7-8H2,1-6H3,(H,21,24)/t11-,12-. The van der Waals surface area contributed by atoms with Gasteiger partial charge in [-0.2, -0.15) is 0 Å². The SMILES string of the molecule is COC(=O)c1cc(OC)c(O[C@H]2C[C@H](NC(=O)OC(C)(C)C)C2)cc1C(=O)OC. The number of ether oxygens (including phenoxy) is 5. The first-order valence-corrected chi connectivity index (χ1v) is 9.12. The minimum Gasteiger partial charge on any atom is -0.493 e. The molecule has 0 unspecified atom stereocenters. The number of carbonyl (C=O) groups is 3. The highest BCUT2D eigenvalue weighted by atomic mass is 16.6. The van der Waals surface area contributed by atoms with E-state index in [9.17, 15) is 14.4 Å². The van der Waals surface area contributed by atoms with Crippen LogP contribution in [0.2, 0.25) is 0 Å². The smallest absolute Gasteiger partial charge is 0.407 e. The summed E-state index contributed by atoms with van der Waals surface area (Å²) in [6, 6.07) is 2.70. The van der Waals surface area contributed by atoms with Crippen LogP contribution in [0, 0.1) is 0 Å². The zero-order valence-electron chi connectivity index (χ0n) is 17.5. The monoisotopic (exact) mass is 409 g/mol. The van der Waals surface area contributed by atoms with Crippen LogP contribution in [-0.2, 0) is 14.2 Å². The van der Waals surface area contributed by atoms with Gasteiger partial charge in [0.1, 0.15) is 11.7 Å². The molecule has 9 heteroatoms. The molecular formula is C20H27NO8. The molecule has 1 N–H and O–H groups in total. The minimum absolute atomic E-state index is 0.0119. The Labute approximate surface area is 169 Å². The maximum atomic E-state index is 12.1. The molecule has 29 heavy (non-hydrogen) atoms. The van der Waals surface area contributed by atoms with Gasteiger partial charge in [0, 0.05) is 18.9 Å². The Bertz CT molecular complexity index is 777. The van der Waals surface area contributed by atoms with Gasteiger partial charge in [0.05, 0.1) is 32.5 Å². The average Bonchev–Trinajstić information content (AvgIpc) is 2.62. The van der Waals surface area contributed by atoms with E-state index < -0.39 is 23.6 Å². The summed E-state index contributed by atoms with van der Waals surface area (Å²) < 4.78 is 25.9. The first-order chi connectivity index (χ1) is 13.6. The molecule has 0 bridgehead atoms. The van der Waals surface area contributed by atoms with E-state index in [1.165, 1.54) is 33.5 Å². The lowest BCUT2D eigenvalue weighted by atomic mass is 9.89. The zero-order valence-corrected chi connectivity index (χ0v) is 17.5. The van der Waals surface area contributed by atoms with Crippen LogP contribution < -0.4 is 14.8 Å². The van der Waals surface area contributed by atoms with Gasteiger partial charge in [-0.25, -0.2) is 14.4 Å². The van der Waals surface area contributed by atoms with Crippen molar-refractivity contribution < 1.29 is 38.1 Å². The van der Waals surface area contributed by atoms with Gasteiger partial charge in [-0.15, -0.1) is 0 Å². The number of carbonyl (C=O) groups excluding carboxylic acids is 3.